The minimum atomic E-state index is -1.05. The highest BCUT2D eigenvalue weighted by Gasteiger charge is 2.31. The number of carboxylic acid groups (broad SMARTS) is 1. The Kier molecular flexibility index (Phi) is 3.20. The fourth-order valence-electron chi connectivity index (χ4n) is 2.03. The standard InChI is InChI=1S/C15H10O4S/c16-13(17)10-7-4-8-11-12(10)20-15(19-14(11)18)9-5-2-1-3-6-9/h1-8,15H,(H,16,17)/t15-/m1/s1. The van der Waals surface area contributed by atoms with E-state index in [1.165, 1.54) is 17.8 Å². The first-order valence-electron chi connectivity index (χ1n) is 5.95. The number of carboxylic acids is 1. The molecule has 0 saturated heterocycles. The zero-order valence-corrected chi connectivity index (χ0v) is 11.1. The van der Waals surface area contributed by atoms with Gasteiger partial charge in [-0.15, -0.1) is 0 Å². The van der Waals surface area contributed by atoms with Crippen molar-refractivity contribution in [3.63, 3.8) is 0 Å². The Labute approximate surface area is 119 Å². The predicted molar refractivity (Wildman–Crippen MR) is 73.9 cm³/mol. The van der Waals surface area contributed by atoms with Gasteiger partial charge >= 0.3 is 11.9 Å². The average molecular weight is 286 g/mol. The van der Waals surface area contributed by atoms with Crippen molar-refractivity contribution in [3.8, 4) is 0 Å². The molecular weight excluding hydrogens is 276 g/mol. The Morgan fingerprint density at radius 2 is 1.85 bits per heavy atom. The second kappa shape index (κ2) is 5.02. The molecule has 0 fully saturated rings. The lowest BCUT2D eigenvalue weighted by Crippen LogP contribution is -2.18. The lowest BCUT2D eigenvalue weighted by atomic mass is 10.1. The maximum absolute atomic E-state index is 12.0. The molecule has 0 aromatic heterocycles. The molecule has 0 amide bonds. The first-order valence-corrected chi connectivity index (χ1v) is 6.83. The molecule has 3 rings (SSSR count). The van der Waals surface area contributed by atoms with Crippen molar-refractivity contribution in [2.75, 3.05) is 0 Å². The third-order valence-electron chi connectivity index (χ3n) is 2.98. The van der Waals surface area contributed by atoms with Crippen molar-refractivity contribution in [3.05, 3.63) is 65.2 Å². The fourth-order valence-corrected chi connectivity index (χ4v) is 3.23. The van der Waals surface area contributed by atoms with E-state index in [1.54, 1.807) is 12.1 Å². The van der Waals surface area contributed by atoms with Crippen LogP contribution in [0.2, 0.25) is 0 Å². The third-order valence-corrected chi connectivity index (χ3v) is 4.23. The van der Waals surface area contributed by atoms with E-state index in [-0.39, 0.29) is 5.56 Å². The molecule has 0 bridgehead atoms. The summed E-state index contributed by atoms with van der Waals surface area (Å²) in [5.74, 6) is -1.54. The van der Waals surface area contributed by atoms with Gasteiger partial charge in [0.25, 0.3) is 0 Å². The Balaban J connectivity index is 2.06. The van der Waals surface area contributed by atoms with E-state index in [1.807, 2.05) is 30.3 Å². The number of hydrogen-bond acceptors (Lipinski definition) is 4. The Hall–Kier alpha value is -2.27. The number of ether oxygens (including phenoxy) is 1. The lowest BCUT2D eigenvalue weighted by molar-refractivity contribution is 0.0439. The summed E-state index contributed by atoms with van der Waals surface area (Å²) in [4.78, 5) is 23.7. The number of benzene rings is 2. The van der Waals surface area contributed by atoms with Crippen LogP contribution in [0.15, 0.2) is 53.4 Å². The number of hydrogen-bond donors (Lipinski definition) is 1. The molecule has 0 radical (unpaired) electrons. The largest absolute Gasteiger partial charge is 0.478 e. The van der Waals surface area contributed by atoms with E-state index in [4.69, 9.17) is 4.74 Å². The number of fused-ring (bicyclic) bond motifs is 1. The maximum atomic E-state index is 12.0. The molecule has 2 aromatic rings. The van der Waals surface area contributed by atoms with Crippen molar-refractivity contribution in [1.82, 2.24) is 0 Å². The molecule has 1 heterocycles. The molecule has 100 valence electrons. The van der Waals surface area contributed by atoms with Crippen molar-refractivity contribution >= 4 is 23.7 Å². The predicted octanol–water partition coefficient (Wildman–Crippen LogP) is 3.35. The van der Waals surface area contributed by atoms with Crippen molar-refractivity contribution in [1.29, 1.82) is 0 Å². The highest BCUT2D eigenvalue weighted by molar-refractivity contribution is 7.99. The van der Waals surface area contributed by atoms with E-state index < -0.39 is 17.4 Å². The van der Waals surface area contributed by atoms with Crippen molar-refractivity contribution < 1.29 is 19.4 Å². The van der Waals surface area contributed by atoms with E-state index in [0.717, 1.165) is 5.56 Å². The summed E-state index contributed by atoms with van der Waals surface area (Å²) in [7, 11) is 0. The van der Waals surface area contributed by atoms with Gasteiger partial charge in [-0.2, -0.15) is 0 Å². The molecule has 5 heteroatoms. The second-order valence-electron chi connectivity index (χ2n) is 4.25. The molecular formula is C15H10O4S. The highest BCUT2D eigenvalue weighted by Crippen LogP contribution is 2.44. The van der Waals surface area contributed by atoms with E-state index in [0.29, 0.717) is 10.5 Å². The number of aromatic carboxylic acids is 1. The van der Waals surface area contributed by atoms with Gasteiger partial charge in [-0.25, -0.2) is 9.59 Å². The van der Waals surface area contributed by atoms with Crippen LogP contribution in [0.3, 0.4) is 0 Å². The Morgan fingerprint density at radius 3 is 2.55 bits per heavy atom. The molecule has 2 aromatic carbocycles. The molecule has 0 aliphatic carbocycles. The summed E-state index contributed by atoms with van der Waals surface area (Å²) < 4.78 is 5.36. The van der Waals surface area contributed by atoms with E-state index in [9.17, 15) is 14.7 Å². The van der Waals surface area contributed by atoms with Crippen LogP contribution in [-0.2, 0) is 4.74 Å². The fraction of sp³-hybridized carbons (Fsp3) is 0.0667. The van der Waals surface area contributed by atoms with Crippen LogP contribution < -0.4 is 0 Å². The minimum absolute atomic E-state index is 0.130. The second-order valence-corrected chi connectivity index (χ2v) is 5.33. The van der Waals surface area contributed by atoms with Crippen molar-refractivity contribution in [2.24, 2.45) is 0 Å². The van der Waals surface area contributed by atoms with Gasteiger partial charge in [0.05, 0.1) is 11.1 Å². The molecule has 20 heavy (non-hydrogen) atoms. The van der Waals surface area contributed by atoms with Crippen LogP contribution in [-0.4, -0.2) is 17.0 Å². The topological polar surface area (TPSA) is 63.6 Å². The maximum Gasteiger partial charge on any atom is 0.340 e. The van der Waals surface area contributed by atoms with Gasteiger partial charge in [0.15, 0.2) is 5.44 Å². The summed E-state index contributed by atoms with van der Waals surface area (Å²) in [5, 5.41) is 9.22. The van der Waals surface area contributed by atoms with E-state index in [2.05, 4.69) is 0 Å². The van der Waals surface area contributed by atoms with Gasteiger partial charge in [-0.1, -0.05) is 48.2 Å². The van der Waals surface area contributed by atoms with E-state index >= 15 is 0 Å². The van der Waals surface area contributed by atoms with Gasteiger partial charge in [0.2, 0.25) is 0 Å². The van der Waals surface area contributed by atoms with Crippen LogP contribution >= 0.6 is 11.8 Å². The molecule has 1 atom stereocenters. The number of rotatable bonds is 2. The normalized spacial score (nSPS) is 17.2. The smallest absolute Gasteiger partial charge is 0.340 e. The molecule has 4 nitrogen and oxygen atoms in total. The minimum Gasteiger partial charge on any atom is -0.478 e. The molecule has 0 saturated carbocycles. The van der Waals surface area contributed by atoms with Gasteiger partial charge < -0.3 is 9.84 Å². The Bertz CT molecular complexity index is 667. The number of carbonyl (C=O) groups is 2. The Morgan fingerprint density at radius 1 is 1.10 bits per heavy atom. The third kappa shape index (κ3) is 2.16. The first-order chi connectivity index (χ1) is 9.66. The van der Waals surface area contributed by atoms with Gasteiger partial charge in [0, 0.05) is 10.5 Å². The average Bonchev–Trinajstić information content (AvgIpc) is 2.47. The lowest BCUT2D eigenvalue weighted by Gasteiger charge is -2.25. The molecule has 0 spiro atoms. The first kappa shape index (κ1) is 12.7. The van der Waals surface area contributed by atoms with Gasteiger partial charge in [-0.05, 0) is 12.1 Å². The quantitative estimate of drug-likeness (QED) is 0.858. The van der Waals surface area contributed by atoms with Crippen LogP contribution in [0.4, 0.5) is 0 Å². The van der Waals surface area contributed by atoms with Gasteiger partial charge in [0.1, 0.15) is 0 Å². The number of cyclic esters (lactones) is 1. The number of esters is 1. The molecule has 1 N–H and O–H groups in total. The summed E-state index contributed by atoms with van der Waals surface area (Å²) in [6, 6.07) is 13.9. The van der Waals surface area contributed by atoms with Crippen LogP contribution in [0.1, 0.15) is 31.7 Å². The number of carbonyl (C=O) groups excluding carboxylic acids is 1. The number of thioether (sulfide) groups is 1. The van der Waals surface area contributed by atoms with Crippen LogP contribution in [0.25, 0.3) is 0 Å². The summed E-state index contributed by atoms with van der Waals surface area (Å²) in [5.41, 5.74) is 0.751. The van der Waals surface area contributed by atoms with Crippen molar-refractivity contribution in [2.45, 2.75) is 10.3 Å². The molecule has 1 aliphatic rings. The van der Waals surface area contributed by atoms with Crippen LogP contribution in [0.5, 0.6) is 0 Å². The summed E-state index contributed by atoms with van der Waals surface area (Å²) in [6.45, 7) is 0. The van der Waals surface area contributed by atoms with Gasteiger partial charge in [-0.3, -0.25) is 0 Å². The highest BCUT2D eigenvalue weighted by atomic mass is 32.2. The zero-order valence-electron chi connectivity index (χ0n) is 10.3. The SMILES string of the molecule is O=C(O)c1cccc2c1S[C@H](c1ccccc1)OC2=O. The summed E-state index contributed by atoms with van der Waals surface area (Å²) in [6.07, 6.45) is 0. The molecule has 0 unspecified atom stereocenters. The monoisotopic (exact) mass is 286 g/mol. The summed E-state index contributed by atoms with van der Waals surface area (Å²) >= 11 is 1.24. The zero-order chi connectivity index (χ0) is 14.1. The molecule has 1 aliphatic heterocycles. The van der Waals surface area contributed by atoms with Crippen LogP contribution in [0, 0.1) is 0 Å².